The molecule has 1 fully saturated rings. The maximum Gasteiger partial charge on any atom is 0.0344 e. The predicted octanol–water partition coefficient (Wildman–Crippen LogP) is 2.65. The fourth-order valence-corrected chi connectivity index (χ4v) is 4.34. The number of thioether (sulfide) groups is 1. The zero-order valence-corrected chi connectivity index (χ0v) is 15.0. The number of rotatable bonds is 7. The van der Waals surface area contributed by atoms with Crippen molar-refractivity contribution in [1.82, 2.24) is 9.80 Å². The zero-order chi connectivity index (χ0) is 15.2. The number of nitrogens with zero attached hydrogens (tertiary/aromatic N) is 2. The highest BCUT2D eigenvalue weighted by Crippen LogP contribution is 2.30. The largest absolute Gasteiger partial charge is 0.329 e. The van der Waals surface area contributed by atoms with E-state index in [-0.39, 0.29) is 5.54 Å². The fourth-order valence-electron chi connectivity index (χ4n) is 3.50. The van der Waals surface area contributed by atoms with E-state index in [2.05, 4.69) is 43.9 Å². The second-order valence-electron chi connectivity index (χ2n) is 6.54. The first-order chi connectivity index (χ1) is 9.50. The summed E-state index contributed by atoms with van der Waals surface area (Å²) in [6.45, 7) is 10.1. The van der Waals surface area contributed by atoms with E-state index < -0.39 is 0 Å². The molecule has 2 atom stereocenters. The van der Waals surface area contributed by atoms with E-state index in [1.807, 2.05) is 11.8 Å². The second-order valence-corrected chi connectivity index (χ2v) is 7.45. The average Bonchev–Trinajstić information content (AvgIpc) is 2.67. The summed E-state index contributed by atoms with van der Waals surface area (Å²) in [6.07, 6.45) is 7.15. The van der Waals surface area contributed by atoms with E-state index in [0.29, 0.717) is 12.1 Å². The van der Waals surface area contributed by atoms with Crippen molar-refractivity contribution in [2.24, 2.45) is 5.73 Å². The van der Waals surface area contributed by atoms with Crippen LogP contribution < -0.4 is 5.73 Å². The molecule has 0 saturated carbocycles. The van der Waals surface area contributed by atoms with Crippen LogP contribution in [0.3, 0.4) is 0 Å². The molecule has 0 aromatic carbocycles. The van der Waals surface area contributed by atoms with Gasteiger partial charge in [0, 0.05) is 36.5 Å². The smallest absolute Gasteiger partial charge is 0.0344 e. The van der Waals surface area contributed by atoms with Gasteiger partial charge in [0.2, 0.25) is 0 Å². The molecule has 0 aromatic heterocycles. The van der Waals surface area contributed by atoms with Crippen LogP contribution in [0, 0.1) is 0 Å². The van der Waals surface area contributed by atoms with Crippen molar-refractivity contribution < 1.29 is 0 Å². The summed E-state index contributed by atoms with van der Waals surface area (Å²) in [5.74, 6) is 1.21. The van der Waals surface area contributed by atoms with Crippen molar-refractivity contribution in [3.05, 3.63) is 0 Å². The number of likely N-dealkylation sites (tertiary alicyclic amines) is 1. The molecule has 1 aliphatic heterocycles. The van der Waals surface area contributed by atoms with Crippen molar-refractivity contribution >= 4 is 11.8 Å². The van der Waals surface area contributed by atoms with Gasteiger partial charge in [0.05, 0.1) is 0 Å². The van der Waals surface area contributed by atoms with Crippen molar-refractivity contribution in [2.75, 3.05) is 38.7 Å². The van der Waals surface area contributed by atoms with Gasteiger partial charge in [-0.15, -0.1) is 0 Å². The molecule has 120 valence electrons. The van der Waals surface area contributed by atoms with Crippen LogP contribution in [0.25, 0.3) is 0 Å². The van der Waals surface area contributed by atoms with E-state index in [4.69, 9.17) is 5.73 Å². The summed E-state index contributed by atoms with van der Waals surface area (Å²) < 4.78 is 0. The van der Waals surface area contributed by atoms with Gasteiger partial charge in [-0.1, -0.05) is 6.92 Å². The lowest BCUT2D eigenvalue weighted by atomic mass is 9.87. The minimum absolute atomic E-state index is 0.208. The molecule has 0 bridgehead atoms. The molecule has 0 amide bonds. The molecule has 1 aliphatic rings. The first kappa shape index (κ1) is 18.3. The van der Waals surface area contributed by atoms with Gasteiger partial charge in [0.1, 0.15) is 0 Å². The molecule has 1 heterocycles. The van der Waals surface area contributed by atoms with Crippen LogP contribution in [0.5, 0.6) is 0 Å². The molecular weight excluding hydrogens is 266 g/mol. The van der Waals surface area contributed by atoms with Crippen LogP contribution in [-0.4, -0.2) is 66.1 Å². The number of hydrogen-bond acceptors (Lipinski definition) is 4. The SMILES string of the molecule is CCC(CSC)N(C)C1(CN)CCCN(C(C)C)CC1. The standard InChI is InChI=1S/C16H35N3S/c1-6-15(12-20-5)18(4)16(13-17)8-7-10-19(11-9-16)14(2)3/h14-15H,6-13,17H2,1-5H3. The highest BCUT2D eigenvalue weighted by atomic mass is 32.2. The predicted molar refractivity (Wildman–Crippen MR) is 92.6 cm³/mol. The number of nitrogens with two attached hydrogens (primary N) is 1. The summed E-state index contributed by atoms with van der Waals surface area (Å²) in [7, 11) is 2.31. The van der Waals surface area contributed by atoms with Crippen LogP contribution in [0.4, 0.5) is 0 Å². The molecule has 1 saturated heterocycles. The van der Waals surface area contributed by atoms with Crippen LogP contribution in [0.15, 0.2) is 0 Å². The van der Waals surface area contributed by atoms with Crippen LogP contribution in [-0.2, 0) is 0 Å². The Morgan fingerprint density at radius 1 is 1.30 bits per heavy atom. The average molecular weight is 302 g/mol. The molecule has 2 N–H and O–H groups in total. The monoisotopic (exact) mass is 301 g/mol. The Hall–Kier alpha value is 0.230. The summed E-state index contributed by atoms with van der Waals surface area (Å²) in [5.41, 5.74) is 6.46. The first-order valence-electron chi connectivity index (χ1n) is 8.16. The Bertz CT molecular complexity index is 272. The van der Waals surface area contributed by atoms with Gasteiger partial charge in [0.25, 0.3) is 0 Å². The topological polar surface area (TPSA) is 32.5 Å². The van der Waals surface area contributed by atoms with E-state index in [1.54, 1.807) is 0 Å². The zero-order valence-electron chi connectivity index (χ0n) is 14.2. The van der Waals surface area contributed by atoms with E-state index in [1.165, 1.54) is 44.5 Å². The van der Waals surface area contributed by atoms with Crippen molar-refractivity contribution in [3.63, 3.8) is 0 Å². The third-order valence-electron chi connectivity index (χ3n) is 5.19. The molecule has 3 nitrogen and oxygen atoms in total. The fraction of sp³-hybridized carbons (Fsp3) is 1.00. The molecule has 2 unspecified atom stereocenters. The highest BCUT2D eigenvalue weighted by Gasteiger charge is 2.38. The van der Waals surface area contributed by atoms with Crippen LogP contribution in [0.1, 0.15) is 46.5 Å². The number of hydrogen-bond donors (Lipinski definition) is 1. The third-order valence-corrected chi connectivity index (χ3v) is 5.91. The van der Waals surface area contributed by atoms with E-state index in [0.717, 1.165) is 6.54 Å². The lowest BCUT2D eigenvalue weighted by molar-refractivity contribution is 0.0686. The minimum Gasteiger partial charge on any atom is -0.329 e. The van der Waals surface area contributed by atoms with Gasteiger partial charge >= 0.3 is 0 Å². The summed E-state index contributed by atoms with van der Waals surface area (Å²) >= 11 is 1.95. The second kappa shape index (κ2) is 8.62. The van der Waals surface area contributed by atoms with Crippen molar-refractivity contribution in [1.29, 1.82) is 0 Å². The molecule has 4 heteroatoms. The molecule has 0 aromatic rings. The highest BCUT2D eigenvalue weighted by molar-refractivity contribution is 7.98. The Morgan fingerprint density at radius 3 is 2.50 bits per heavy atom. The van der Waals surface area contributed by atoms with Gasteiger partial charge in [-0.3, -0.25) is 4.90 Å². The molecule has 0 aliphatic carbocycles. The summed E-state index contributed by atoms with van der Waals surface area (Å²) in [4.78, 5) is 5.23. The van der Waals surface area contributed by atoms with Gasteiger partial charge in [-0.25, -0.2) is 0 Å². The van der Waals surface area contributed by atoms with Crippen LogP contribution >= 0.6 is 11.8 Å². The third kappa shape index (κ3) is 4.36. The lowest BCUT2D eigenvalue weighted by Crippen LogP contribution is -2.57. The maximum atomic E-state index is 6.25. The van der Waals surface area contributed by atoms with Gasteiger partial charge in [-0.05, 0) is 59.4 Å². The number of likely N-dealkylation sites (N-methyl/N-ethyl adjacent to an activating group) is 1. The quantitative estimate of drug-likeness (QED) is 0.783. The van der Waals surface area contributed by atoms with Gasteiger partial charge in [0.15, 0.2) is 0 Å². The lowest BCUT2D eigenvalue weighted by Gasteiger charge is -2.45. The molecule has 1 rings (SSSR count). The first-order valence-corrected chi connectivity index (χ1v) is 9.56. The Balaban J connectivity index is 2.79. The summed E-state index contributed by atoms with van der Waals surface area (Å²) in [5, 5.41) is 0. The Morgan fingerprint density at radius 2 is 2.00 bits per heavy atom. The Labute approximate surface area is 130 Å². The van der Waals surface area contributed by atoms with E-state index in [9.17, 15) is 0 Å². The maximum absolute atomic E-state index is 6.25. The Kier molecular flexibility index (Phi) is 7.88. The molecule has 0 radical (unpaired) electrons. The van der Waals surface area contributed by atoms with Crippen molar-refractivity contribution in [3.8, 4) is 0 Å². The van der Waals surface area contributed by atoms with Crippen molar-refractivity contribution in [2.45, 2.75) is 64.1 Å². The summed E-state index contributed by atoms with van der Waals surface area (Å²) in [6, 6.07) is 1.31. The van der Waals surface area contributed by atoms with Gasteiger partial charge in [-0.2, -0.15) is 11.8 Å². The van der Waals surface area contributed by atoms with E-state index >= 15 is 0 Å². The molecule has 0 spiro atoms. The normalized spacial score (nSPS) is 27.0. The molecular formula is C16H35N3S. The van der Waals surface area contributed by atoms with Gasteiger partial charge < -0.3 is 10.6 Å². The molecule has 20 heavy (non-hydrogen) atoms. The van der Waals surface area contributed by atoms with Crippen LogP contribution in [0.2, 0.25) is 0 Å². The minimum atomic E-state index is 0.208.